The zero-order chi connectivity index (χ0) is 19.8. The molecule has 2 heterocycles. The molecule has 6 heteroatoms. The minimum absolute atomic E-state index is 0.474. The van der Waals surface area contributed by atoms with Gasteiger partial charge in [-0.15, -0.1) is 10.2 Å². The highest BCUT2D eigenvalue weighted by Crippen LogP contribution is 2.37. The molecule has 0 radical (unpaired) electrons. The maximum absolute atomic E-state index is 5.61. The van der Waals surface area contributed by atoms with E-state index >= 15 is 0 Å². The van der Waals surface area contributed by atoms with Crippen LogP contribution in [0.25, 0.3) is 33.9 Å². The molecule has 0 amide bonds. The van der Waals surface area contributed by atoms with E-state index in [0.717, 1.165) is 33.7 Å². The fraction of sp³-hybridized carbons (Fsp3) is 0.348. The summed E-state index contributed by atoms with van der Waals surface area (Å²) in [7, 11) is 1.69. The van der Waals surface area contributed by atoms with E-state index in [-0.39, 0.29) is 0 Å². The van der Waals surface area contributed by atoms with Crippen molar-refractivity contribution in [2.45, 2.75) is 45.1 Å². The van der Waals surface area contributed by atoms with Crippen LogP contribution >= 0.6 is 0 Å². The maximum atomic E-state index is 5.61. The summed E-state index contributed by atoms with van der Waals surface area (Å²) in [5, 5.41) is 8.10. The summed E-state index contributed by atoms with van der Waals surface area (Å²) >= 11 is 0. The Morgan fingerprint density at radius 1 is 0.966 bits per heavy atom. The van der Waals surface area contributed by atoms with Crippen molar-refractivity contribution in [2.75, 3.05) is 7.11 Å². The Hall–Kier alpha value is -3.15. The molecular formula is C23H24N4O2. The number of hydrogen-bond acceptors (Lipinski definition) is 5. The Morgan fingerprint density at radius 2 is 1.72 bits per heavy atom. The Balaban J connectivity index is 1.66. The van der Waals surface area contributed by atoms with Gasteiger partial charge in [0.05, 0.1) is 18.1 Å². The zero-order valence-corrected chi connectivity index (χ0v) is 16.8. The lowest BCUT2D eigenvalue weighted by molar-refractivity contribution is 0.362. The number of aromatic nitrogens is 4. The number of ether oxygens (including phenoxy) is 1. The average Bonchev–Trinajstić information content (AvgIpc) is 3.37. The number of methoxy groups -OCH3 is 1. The molecule has 0 atom stereocenters. The average molecular weight is 388 g/mol. The summed E-state index contributed by atoms with van der Waals surface area (Å²) in [5.74, 6) is 2.95. The Labute approximate surface area is 169 Å². The van der Waals surface area contributed by atoms with Crippen LogP contribution in [0.2, 0.25) is 0 Å². The Morgan fingerprint density at radius 3 is 2.41 bits per heavy atom. The highest BCUT2D eigenvalue weighted by atomic mass is 16.5. The quantitative estimate of drug-likeness (QED) is 0.457. The molecule has 1 saturated carbocycles. The molecule has 0 saturated heterocycles. The smallest absolute Gasteiger partial charge is 0.247 e. The first-order chi connectivity index (χ1) is 14.2. The van der Waals surface area contributed by atoms with Crippen molar-refractivity contribution in [2.24, 2.45) is 0 Å². The molecule has 148 valence electrons. The van der Waals surface area contributed by atoms with Crippen LogP contribution in [-0.2, 0) is 0 Å². The number of fused-ring (bicyclic) bond motifs is 1. The van der Waals surface area contributed by atoms with Crippen molar-refractivity contribution < 1.29 is 9.15 Å². The summed E-state index contributed by atoms with van der Waals surface area (Å²) in [4.78, 5) is 5.04. The Bertz CT molecular complexity index is 1140. The van der Waals surface area contributed by atoms with E-state index in [2.05, 4.69) is 39.0 Å². The van der Waals surface area contributed by atoms with Gasteiger partial charge in [0, 0.05) is 24.1 Å². The minimum Gasteiger partial charge on any atom is -0.497 e. The van der Waals surface area contributed by atoms with Crippen LogP contribution in [0, 0.1) is 6.92 Å². The zero-order valence-electron chi connectivity index (χ0n) is 16.8. The number of rotatable bonds is 4. The van der Waals surface area contributed by atoms with Gasteiger partial charge in [-0.1, -0.05) is 19.3 Å². The third kappa shape index (κ3) is 3.28. The van der Waals surface area contributed by atoms with Gasteiger partial charge < -0.3 is 13.7 Å². The lowest BCUT2D eigenvalue weighted by atomic mass is 9.95. The van der Waals surface area contributed by atoms with Crippen molar-refractivity contribution in [1.82, 2.24) is 19.7 Å². The SMILES string of the molecule is COc1ccc(-c2nc3cc(-c4nnc(C)o4)ccc3n2C2CCCCC2)cc1. The molecule has 0 N–H and O–H groups in total. The topological polar surface area (TPSA) is 66.0 Å². The van der Waals surface area contributed by atoms with Gasteiger partial charge in [-0.3, -0.25) is 0 Å². The van der Waals surface area contributed by atoms with Crippen molar-refractivity contribution in [1.29, 1.82) is 0 Å². The first-order valence-corrected chi connectivity index (χ1v) is 10.2. The third-order valence-corrected chi connectivity index (χ3v) is 5.75. The lowest BCUT2D eigenvalue weighted by Gasteiger charge is -2.25. The molecule has 4 aromatic rings. The van der Waals surface area contributed by atoms with Crippen molar-refractivity contribution in [3.63, 3.8) is 0 Å². The van der Waals surface area contributed by atoms with Crippen LogP contribution in [0.3, 0.4) is 0 Å². The molecule has 29 heavy (non-hydrogen) atoms. The highest BCUT2D eigenvalue weighted by Gasteiger charge is 2.23. The lowest BCUT2D eigenvalue weighted by Crippen LogP contribution is -2.13. The molecule has 1 aliphatic rings. The van der Waals surface area contributed by atoms with Gasteiger partial charge in [0.25, 0.3) is 0 Å². The van der Waals surface area contributed by atoms with E-state index in [0.29, 0.717) is 17.8 Å². The highest BCUT2D eigenvalue weighted by molar-refractivity contribution is 5.84. The molecular weight excluding hydrogens is 364 g/mol. The molecule has 0 spiro atoms. The normalized spacial score (nSPS) is 15.1. The molecule has 0 aliphatic heterocycles. The first kappa shape index (κ1) is 17.9. The van der Waals surface area contributed by atoms with E-state index in [9.17, 15) is 0 Å². The number of hydrogen-bond donors (Lipinski definition) is 0. The predicted molar refractivity (Wildman–Crippen MR) is 112 cm³/mol. The molecule has 0 unspecified atom stereocenters. The van der Waals surface area contributed by atoms with Crippen LogP contribution < -0.4 is 4.74 Å². The molecule has 0 bridgehead atoms. The monoisotopic (exact) mass is 388 g/mol. The summed E-state index contributed by atoms with van der Waals surface area (Å²) < 4.78 is 13.4. The minimum atomic E-state index is 0.474. The summed E-state index contributed by atoms with van der Waals surface area (Å²) in [6.45, 7) is 1.80. The molecule has 1 fully saturated rings. The number of nitrogens with zero attached hydrogens (tertiary/aromatic N) is 4. The second kappa shape index (κ2) is 7.35. The largest absolute Gasteiger partial charge is 0.497 e. The van der Waals surface area contributed by atoms with Gasteiger partial charge in [-0.25, -0.2) is 4.98 Å². The van der Waals surface area contributed by atoms with Crippen molar-refractivity contribution in [3.05, 3.63) is 48.4 Å². The van der Waals surface area contributed by atoms with Crippen molar-refractivity contribution >= 4 is 11.0 Å². The van der Waals surface area contributed by atoms with Crippen LogP contribution in [0.5, 0.6) is 5.75 Å². The van der Waals surface area contributed by atoms with Gasteiger partial charge in [0.1, 0.15) is 11.6 Å². The van der Waals surface area contributed by atoms with Gasteiger partial charge >= 0.3 is 0 Å². The maximum Gasteiger partial charge on any atom is 0.247 e. The third-order valence-electron chi connectivity index (χ3n) is 5.75. The summed E-state index contributed by atoms with van der Waals surface area (Å²) in [6, 6.07) is 14.9. The Kier molecular flexibility index (Phi) is 4.54. The first-order valence-electron chi connectivity index (χ1n) is 10.2. The van der Waals surface area contributed by atoms with E-state index < -0.39 is 0 Å². The number of aryl methyl sites for hydroxylation is 1. The van der Waals surface area contributed by atoms with E-state index in [4.69, 9.17) is 14.1 Å². The van der Waals surface area contributed by atoms with Gasteiger partial charge in [-0.05, 0) is 55.3 Å². The predicted octanol–water partition coefficient (Wildman–Crippen LogP) is 5.58. The number of imidazole rings is 1. The summed E-state index contributed by atoms with van der Waals surface area (Å²) in [6.07, 6.45) is 6.25. The van der Waals surface area contributed by atoms with Crippen LogP contribution in [0.15, 0.2) is 46.9 Å². The van der Waals surface area contributed by atoms with Gasteiger partial charge in [0.2, 0.25) is 11.8 Å². The van der Waals surface area contributed by atoms with Crippen LogP contribution in [0.1, 0.15) is 44.0 Å². The van der Waals surface area contributed by atoms with E-state index in [1.54, 1.807) is 14.0 Å². The standard InChI is InChI=1S/C23H24N4O2/c1-15-25-26-23(29-15)17-10-13-21-20(14-17)24-22(16-8-11-19(28-2)12-9-16)27(21)18-6-4-3-5-7-18/h8-14,18H,3-7H2,1-2H3. The van der Waals surface area contributed by atoms with Crippen molar-refractivity contribution in [3.8, 4) is 28.6 Å². The van der Waals surface area contributed by atoms with E-state index in [1.807, 2.05) is 18.2 Å². The van der Waals surface area contributed by atoms with Crippen LogP contribution in [0.4, 0.5) is 0 Å². The molecule has 2 aromatic carbocycles. The van der Waals surface area contributed by atoms with Crippen LogP contribution in [-0.4, -0.2) is 26.9 Å². The number of benzene rings is 2. The summed E-state index contributed by atoms with van der Waals surface area (Å²) in [5.41, 5.74) is 4.10. The fourth-order valence-electron chi connectivity index (χ4n) is 4.30. The second-order valence-corrected chi connectivity index (χ2v) is 7.66. The fourth-order valence-corrected chi connectivity index (χ4v) is 4.30. The second-order valence-electron chi connectivity index (χ2n) is 7.66. The van der Waals surface area contributed by atoms with Gasteiger partial charge in [-0.2, -0.15) is 0 Å². The van der Waals surface area contributed by atoms with E-state index in [1.165, 1.54) is 32.1 Å². The molecule has 2 aromatic heterocycles. The van der Waals surface area contributed by atoms with Gasteiger partial charge in [0.15, 0.2) is 0 Å². The molecule has 6 nitrogen and oxygen atoms in total. The molecule has 5 rings (SSSR count). The molecule has 1 aliphatic carbocycles.